The first-order valence-corrected chi connectivity index (χ1v) is 6.82. The van der Waals surface area contributed by atoms with Crippen LogP contribution in [0.15, 0.2) is 24.3 Å². The summed E-state index contributed by atoms with van der Waals surface area (Å²) in [5, 5.41) is 3.33. The molecule has 0 bridgehead atoms. The van der Waals surface area contributed by atoms with Crippen LogP contribution in [0.4, 0.5) is 9.18 Å². The van der Waals surface area contributed by atoms with E-state index in [2.05, 4.69) is 5.32 Å². The summed E-state index contributed by atoms with van der Waals surface area (Å²) in [5.41, 5.74) is 0.479. The molecule has 0 spiro atoms. The zero-order chi connectivity index (χ0) is 14.8. The number of benzene rings is 1. The Bertz CT molecular complexity index is 468. The molecule has 1 atom stereocenters. The third kappa shape index (κ3) is 3.93. The van der Waals surface area contributed by atoms with Gasteiger partial charge in [-0.3, -0.25) is 0 Å². The van der Waals surface area contributed by atoms with Crippen molar-refractivity contribution in [2.24, 2.45) is 0 Å². The lowest BCUT2D eigenvalue weighted by Crippen LogP contribution is -2.49. The van der Waals surface area contributed by atoms with E-state index in [-0.39, 0.29) is 18.0 Å². The molecule has 1 fully saturated rings. The van der Waals surface area contributed by atoms with E-state index in [1.807, 2.05) is 20.8 Å². The van der Waals surface area contributed by atoms with E-state index >= 15 is 0 Å². The number of piperazine rings is 1. The molecule has 1 saturated heterocycles. The molecule has 1 aromatic rings. The van der Waals surface area contributed by atoms with Gasteiger partial charge in [-0.2, -0.15) is 0 Å². The van der Waals surface area contributed by atoms with Crippen LogP contribution in [0.3, 0.4) is 0 Å². The summed E-state index contributed by atoms with van der Waals surface area (Å²) < 4.78 is 18.3. The Kier molecular flexibility index (Phi) is 4.28. The molecule has 1 aliphatic rings. The topological polar surface area (TPSA) is 41.6 Å². The Balaban J connectivity index is 2.01. The van der Waals surface area contributed by atoms with Crippen molar-refractivity contribution in [1.82, 2.24) is 10.2 Å². The van der Waals surface area contributed by atoms with Crippen molar-refractivity contribution in [1.29, 1.82) is 0 Å². The maximum absolute atomic E-state index is 12.9. The summed E-state index contributed by atoms with van der Waals surface area (Å²) in [4.78, 5) is 13.8. The van der Waals surface area contributed by atoms with Gasteiger partial charge in [0.25, 0.3) is 0 Å². The SMILES string of the molecule is CC(C)(C)OC(=O)N1CCN[C@H](c2ccc(F)cc2)C1. The molecule has 1 heterocycles. The minimum Gasteiger partial charge on any atom is -0.444 e. The first-order chi connectivity index (χ1) is 9.35. The maximum Gasteiger partial charge on any atom is 0.410 e. The Morgan fingerprint density at radius 2 is 2.00 bits per heavy atom. The molecule has 0 unspecified atom stereocenters. The third-order valence-electron chi connectivity index (χ3n) is 3.10. The number of rotatable bonds is 1. The van der Waals surface area contributed by atoms with Crippen LogP contribution in [-0.4, -0.2) is 36.2 Å². The molecular formula is C15H21FN2O2. The number of nitrogens with zero attached hydrogens (tertiary/aromatic N) is 1. The number of ether oxygens (including phenoxy) is 1. The number of carbonyl (C=O) groups excluding carboxylic acids is 1. The van der Waals surface area contributed by atoms with Crippen LogP contribution in [0.2, 0.25) is 0 Å². The first-order valence-electron chi connectivity index (χ1n) is 6.82. The summed E-state index contributed by atoms with van der Waals surface area (Å²) >= 11 is 0. The lowest BCUT2D eigenvalue weighted by atomic mass is 10.0. The van der Waals surface area contributed by atoms with E-state index in [4.69, 9.17) is 4.74 Å². The number of amides is 1. The van der Waals surface area contributed by atoms with Crippen LogP contribution >= 0.6 is 0 Å². The number of halogens is 1. The lowest BCUT2D eigenvalue weighted by molar-refractivity contribution is 0.0195. The zero-order valence-electron chi connectivity index (χ0n) is 12.1. The van der Waals surface area contributed by atoms with Crippen LogP contribution in [0.25, 0.3) is 0 Å². The molecule has 1 amide bonds. The number of hydrogen-bond donors (Lipinski definition) is 1. The smallest absolute Gasteiger partial charge is 0.410 e. The van der Waals surface area contributed by atoms with Gasteiger partial charge in [0.1, 0.15) is 11.4 Å². The average molecular weight is 280 g/mol. The molecule has 0 aliphatic carbocycles. The van der Waals surface area contributed by atoms with E-state index in [1.54, 1.807) is 17.0 Å². The molecule has 4 nitrogen and oxygen atoms in total. The lowest BCUT2D eigenvalue weighted by Gasteiger charge is -2.35. The summed E-state index contributed by atoms with van der Waals surface area (Å²) in [7, 11) is 0. The quantitative estimate of drug-likeness (QED) is 0.860. The van der Waals surface area contributed by atoms with Crippen LogP contribution in [0.5, 0.6) is 0 Å². The largest absolute Gasteiger partial charge is 0.444 e. The fourth-order valence-electron chi connectivity index (χ4n) is 2.16. The molecule has 2 rings (SSSR count). The van der Waals surface area contributed by atoms with Crippen LogP contribution in [-0.2, 0) is 4.74 Å². The van der Waals surface area contributed by atoms with Crippen molar-refractivity contribution in [2.75, 3.05) is 19.6 Å². The van der Waals surface area contributed by atoms with Crippen LogP contribution < -0.4 is 5.32 Å². The van der Waals surface area contributed by atoms with Gasteiger partial charge in [-0.05, 0) is 38.5 Å². The van der Waals surface area contributed by atoms with E-state index in [0.717, 1.165) is 5.56 Å². The fourth-order valence-corrected chi connectivity index (χ4v) is 2.16. The predicted molar refractivity (Wildman–Crippen MR) is 75.0 cm³/mol. The monoisotopic (exact) mass is 280 g/mol. The third-order valence-corrected chi connectivity index (χ3v) is 3.10. The van der Waals surface area contributed by atoms with Gasteiger partial charge in [0.05, 0.1) is 6.04 Å². The molecular weight excluding hydrogens is 259 g/mol. The van der Waals surface area contributed by atoms with Gasteiger partial charge in [0, 0.05) is 19.6 Å². The van der Waals surface area contributed by atoms with E-state index < -0.39 is 5.60 Å². The highest BCUT2D eigenvalue weighted by Crippen LogP contribution is 2.19. The molecule has 5 heteroatoms. The molecule has 1 aromatic carbocycles. The van der Waals surface area contributed by atoms with Crippen LogP contribution in [0.1, 0.15) is 32.4 Å². The molecule has 1 N–H and O–H groups in total. The van der Waals surface area contributed by atoms with Crippen molar-refractivity contribution in [2.45, 2.75) is 32.4 Å². The highest BCUT2D eigenvalue weighted by Gasteiger charge is 2.27. The molecule has 0 saturated carbocycles. The predicted octanol–water partition coefficient (Wildman–Crippen LogP) is 2.71. The first kappa shape index (κ1) is 14.8. The van der Waals surface area contributed by atoms with Gasteiger partial charge >= 0.3 is 6.09 Å². The molecule has 0 aromatic heterocycles. The minimum absolute atomic E-state index is 0.0110. The van der Waals surface area contributed by atoms with Gasteiger partial charge < -0.3 is 15.0 Å². The Morgan fingerprint density at radius 3 is 2.60 bits per heavy atom. The highest BCUT2D eigenvalue weighted by atomic mass is 19.1. The van der Waals surface area contributed by atoms with Crippen molar-refractivity contribution in [3.8, 4) is 0 Å². The van der Waals surface area contributed by atoms with E-state index in [0.29, 0.717) is 19.6 Å². The molecule has 0 radical (unpaired) electrons. The fraction of sp³-hybridized carbons (Fsp3) is 0.533. The average Bonchev–Trinajstić information content (AvgIpc) is 2.38. The van der Waals surface area contributed by atoms with Gasteiger partial charge in [0.15, 0.2) is 0 Å². The van der Waals surface area contributed by atoms with Gasteiger partial charge in [-0.15, -0.1) is 0 Å². The molecule has 20 heavy (non-hydrogen) atoms. The minimum atomic E-state index is -0.493. The Labute approximate surface area is 118 Å². The van der Waals surface area contributed by atoms with Crippen molar-refractivity contribution in [3.63, 3.8) is 0 Å². The standard InChI is InChI=1S/C15H21FN2O2/c1-15(2,3)20-14(19)18-9-8-17-13(10-18)11-4-6-12(16)7-5-11/h4-7,13,17H,8-10H2,1-3H3/t13-/m0/s1. The number of carbonyl (C=O) groups is 1. The maximum atomic E-state index is 12.9. The Morgan fingerprint density at radius 1 is 1.35 bits per heavy atom. The highest BCUT2D eigenvalue weighted by molar-refractivity contribution is 5.68. The number of nitrogens with one attached hydrogen (secondary N) is 1. The van der Waals surface area contributed by atoms with Crippen LogP contribution in [0, 0.1) is 5.82 Å². The normalized spacial score (nSPS) is 19.8. The Hall–Kier alpha value is -1.62. The van der Waals surface area contributed by atoms with Gasteiger partial charge in [0.2, 0.25) is 0 Å². The van der Waals surface area contributed by atoms with E-state index in [1.165, 1.54) is 12.1 Å². The second kappa shape index (κ2) is 5.79. The van der Waals surface area contributed by atoms with Crippen molar-refractivity contribution < 1.29 is 13.9 Å². The summed E-state index contributed by atoms with van der Waals surface area (Å²) in [6.07, 6.45) is -0.300. The van der Waals surface area contributed by atoms with E-state index in [9.17, 15) is 9.18 Å². The second-order valence-electron chi connectivity index (χ2n) is 5.98. The van der Waals surface area contributed by atoms with Gasteiger partial charge in [-0.1, -0.05) is 12.1 Å². The number of hydrogen-bond acceptors (Lipinski definition) is 3. The van der Waals surface area contributed by atoms with Crippen molar-refractivity contribution >= 4 is 6.09 Å². The van der Waals surface area contributed by atoms with Crippen molar-refractivity contribution in [3.05, 3.63) is 35.6 Å². The second-order valence-corrected chi connectivity index (χ2v) is 5.98. The molecule has 1 aliphatic heterocycles. The zero-order valence-corrected chi connectivity index (χ0v) is 12.1. The summed E-state index contributed by atoms with van der Waals surface area (Å²) in [5.74, 6) is -0.256. The summed E-state index contributed by atoms with van der Waals surface area (Å²) in [6, 6.07) is 6.36. The molecule has 110 valence electrons. The van der Waals surface area contributed by atoms with Gasteiger partial charge in [-0.25, -0.2) is 9.18 Å². The summed E-state index contributed by atoms with van der Waals surface area (Å²) in [6.45, 7) is 7.40.